The first-order valence-corrected chi connectivity index (χ1v) is 12.8. The number of amides is 2. The molecule has 1 saturated heterocycles. The predicted molar refractivity (Wildman–Crippen MR) is 133 cm³/mol. The monoisotopic (exact) mass is 481 g/mol. The summed E-state index contributed by atoms with van der Waals surface area (Å²) in [4.78, 5) is 31.1. The van der Waals surface area contributed by atoms with Gasteiger partial charge in [0.15, 0.2) is 0 Å². The lowest BCUT2D eigenvalue weighted by Crippen LogP contribution is -2.29. The molecule has 3 heterocycles. The maximum absolute atomic E-state index is 12.5. The first kappa shape index (κ1) is 25.8. The number of carbonyl (C=O) groups is 2. The van der Waals surface area contributed by atoms with Crippen molar-refractivity contribution < 1.29 is 9.59 Å². The van der Waals surface area contributed by atoms with Crippen molar-refractivity contribution in [2.45, 2.75) is 69.7 Å². The molecule has 2 amide bonds. The van der Waals surface area contributed by atoms with Gasteiger partial charge in [0.05, 0.1) is 9.93 Å². The fraction of sp³-hybridized carbons (Fsp3) is 0.522. The lowest BCUT2D eigenvalue weighted by molar-refractivity contribution is -0.122. The zero-order chi connectivity index (χ0) is 21.2. The summed E-state index contributed by atoms with van der Waals surface area (Å²) in [6.45, 7) is 2.73. The van der Waals surface area contributed by atoms with Crippen molar-refractivity contribution >= 4 is 52.7 Å². The van der Waals surface area contributed by atoms with Gasteiger partial charge in [0.2, 0.25) is 0 Å². The van der Waals surface area contributed by atoms with Crippen molar-refractivity contribution in [2.75, 3.05) is 12.3 Å². The van der Waals surface area contributed by atoms with Crippen LogP contribution in [0.2, 0.25) is 0 Å². The van der Waals surface area contributed by atoms with E-state index in [1.54, 1.807) is 18.0 Å². The number of carbonyl (C=O) groups excluding carboxylic acids is 2. The summed E-state index contributed by atoms with van der Waals surface area (Å²) < 4.78 is 2.08. The Morgan fingerprint density at radius 2 is 1.87 bits per heavy atom. The third kappa shape index (κ3) is 7.58. The maximum atomic E-state index is 12.5. The van der Waals surface area contributed by atoms with Gasteiger partial charge < -0.3 is 0 Å². The van der Waals surface area contributed by atoms with E-state index in [0.717, 1.165) is 53.9 Å². The van der Waals surface area contributed by atoms with E-state index in [9.17, 15) is 9.59 Å². The quantitative estimate of drug-likeness (QED) is 0.176. The first-order valence-electron chi connectivity index (χ1n) is 11.0. The van der Waals surface area contributed by atoms with Crippen molar-refractivity contribution in [2.24, 2.45) is 0 Å². The summed E-state index contributed by atoms with van der Waals surface area (Å²) in [5.41, 5.74) is 0.950. The van der Waals surface area contributed by atoms with Crippen LogP contribution in [-0.4, -0.2) is 37.7 Å². The van der Waals surface area contributed by atoms with Crippen LogP contribution < -0.4 is 0 Å². The highest BCUT2D eigenvalue weighted by molar-refractivity contribution is 8.18. The third-order valence-electron chi connectivity index (χ3n) is 5.18. The molecule has 0 N–H and O–H groups in total. The summed E-state index contributed by atoms with van der Waals surface area (Å²) in [5.74, 6) is 0.841. The van der Waals surface area contributed by atoms with Gasteiger partial charge in [0.1, 0.15) is 5.65 Å². The molecule has 2 aromatic rings. The van der Waals surface area contributed by atoms with Crippen LogP contribution >= 0.6 is 35.9 Å². The highest BCUT2D eigenvalue weighted by Crippen LogP contribution is 2.31. The number of nitrogens with zero attached hydrogens (tertiary/aromatic N) is 3. The van der Waals surface area contributed by atoms with Crippen LogP contribution in [-0.2, 0) is 4.79 Å². The Kier molecular flexibility index (Phi) is 11.5. The predicted octanol–water partition coefficient (Wildman–Crippen LogP) is 6.96. The molecule has 0 atom stereocenters. The minimum absolute atomic E-state index is 0. The molecule has 0 unspecified atom stereocenters. The molecule has 0 aromatic carbocycles. The molecule has 170 valence electrons. The molecule has 0 bridgehead atoms. The Morgan fingerprint density at radius 3 is 2.71 bits per heavy atom. The van der Waals surface area contributed by atoms with Gasteiger partial charge in [-0.05, 0) is 55.3 Å². The summed E-state index contributed by atoms with van der Waals surface area (Å²) in [6.07, 6.45) is 15.8. The number of allylic oxidation sites excluding steroid dienone is 1. The number of fused-ring (bicyclic) bond motifs is 1. The number of unbranched alkanes of at least 4 members (excludes halogenated alkanes) is 7. The van der Waals surface area contributed by atoms with E-state index in [1.807, 2.05) is 24.4 Å². The minimum atomic E-state index is -0.120. The van der Waals surface area contributed by atoms with Gasteiger partial charge in [-0.15, -0.1) is 24.2 Å². The van der Waals surface area contributed by atoms with E-state index in [4.69, 9.17) is 0 Å². The van der Waals surface area contributed by atoms with Gasteiger partial charge in [-0.1, -0.05) is 51.2 Å². The van der Waals surface area contributed by atoms with Crippen LogP contribution in [0.15, 0.2) is 46.6 Å². The molecular formula is C23H32ClN3O2S2. The number of rotatable bonds is 13. The number of pyridine rings is 1. The van der Waals surface area contributed by atoms with Crippen LogP contribution in [0.1, 0.15) is 64.7 Å². The number of hydrogen-bond acceptors (Lipinski definition) is 5. The molecule has 2 aromatic heterocycles. The fourth-order valence-electron chi connectivity index (χ4n) is 3.48. The summed E-state index contributed by atoms with van der Waals surface area (Å²) in [5, 5.41) is 1.04. The zero-order valence-electron chi connectivity index (χ0n) is 18.1. The topological polar surface area (TPSA) is 54.7 Å². The first-order chi connectivity index (χ1) is 14.7. The largest absolute Gasteiger partial charge is 0.294 e. The smallest absolute Gasteiger partial charge is 0.293 e. The van der Waals surface area contributed by atoms with E-state index in [2.05, 4.69) is 22.4 Å². The standard InChI is InChI=1S/C23H31N3O2S2.ClH/c1-2-3-4-5-6-7-8-12-19-22(27)26(23(28)30-19)16-9-10-18-29-21-14-11-13-20-24-15-17-25(20)21;/h11-15,17H,2-10,16,18H2,1H3;1H/b19-12+;. The number of thioether (sulfide) groups is 2. The number of hydrogen-bond donors (Lipinski definition) is 0. The highest BCUT2D eigenvalue weighted by atomic mass is 35.5. The molecule has 0 aliphatic carbocycles. The summed E-state index contributed by atoms with van der Waals surface area (Å²) >= 11 is 2.88. The second-order valence-electron chi connectivity index (χ2n) is 7.52. The second kappa shape index (κ2) is 13.9. The Morgan fingerprint density at radius 1 is 1.06 bits per heavy atom. The van der Waals surface area contributed by atoms with Crippen molar-refractivity contribution in [1.29, 1.82) is 0 Å². The molecule has 1 aliphatic heterocycles. The highest BCUT2D eigenvalue weighted by Gasteiger charge is 2.34. The fourth-order valence-corrected chi connectivity index (χ4v) is 5.37. The molecular weight excluding hydrogens is 450 g/mol. The van der Waals surface area contributed by atoms with Crippen LogP contribution in [0, 0.1) is 0 Å². The average molecular weight is 482 g/mol. The minimum Gasteiger partial charge on any atom is -0.294 e. The molecule has 1 aliphatic rings. The van der Waals surface area contributed by atoms with Gasteiger partial charge >= 0.3 is 0 Å². The van der Waals surface area contributed by atoms with Crippen LogP contribution in [0.3, 0.4) is 0 Å². The summed E-state index contributed by atoms with van der Waals surface area (Å²) in [6, 6.07) is 6.09. The molecule has 0 saturated carbocycles. The molecule has 31 heavy (non-hydrogen) atoms. The van der Waals surface area contributed by atoms with Crippen molar-refractivity contribution in [3.8, 4) is 0 Å². The van der Waals surface area contributed by atoms with Gasteiger partial charge in [-0.2, -0.15) is 0 Å². The lowest BCUT2D eigenvalue weighted by Gasteiger charge is -2.12. The van der Waals surface area contributed by atoms with Crippen LogP contribution in [0.4, 0.5) is 4.79 Å². The van der Waals surface area contributed by atoms with Gasteiger partial charge in [0, 0.05) is 18.9 Å². The Bertz CT molecular complexity index is 885. The average Bonchev–Trinajstić information content (AvgIpc) is 3.33. The number of aromatic nitrogens is 2. The number of imidazole rings is 1. The molecule has 5 nitrogen and oxygen atoms in total. The third-order valence-corrected chi connectivity index (χ3v) is 7.26. The molecule has 0 spiro atoms. The van der Waals surface area contributed by atoms with Crippen LogP contribution in [0.5, 0.6) is 0 Å². The van der Waals surface area contributed by atoms with Gasteiger partial charge in [-0.3, -0.25) is 18.9 Å². The van der Waals surface area contributed by atoms with Gasteiger partial charge in [0.25, 0.3) is 11.1 Å². The van der Waals surface area contributed by atoms with Crippen LogP contribution in [0.25, 0.3) is 5.65 Å². The molecule has 3 rings (SSSR count). The Labute approximate surface area is 199 Å². The lowest BCUT2D eigenvalue weighted by atomic mass is 10.1. The zero-order valence-corrected chi connectivity index (χ0v) is 20.6. The van der Waals surface area contributed by atoms with E-state index in [0.29, 0.717) is 11.4 Å². The number of halogens is 1. The number of imide groups is 1. The molecule has 1 fully saturated rings. The van der Waals surface area contributed by atoms with E-state index < -0.39 is 0 Å². The van der Waals surface area contributed by atoms with E-state index in [1.165, 1.54) is 37.0 Å². The molecule has 0 radical (unpaired) electrons. The van der Waals surface area contributed by atoms with Crippen molar-refractivity contribution in [1.82, 2.24) is 14.3 Å². The van der Waals surface area contributed by atoms with E-state index in [-0.39, 0.29) is 23.6 Å². The summed E-state index contributed by atoms with van der Waals surface area (Å²) in [7, 11) is 0. The van der Waals surface area contributed by atoms with Crippen molar-refractivity contribution in [3.05, 3.63) is 41.6 Å². The second-order valence-corrected chi connectivity index (χ2v) is 9.63. The normalized spacial score (nSPS) is 15.3. The van der Waals surface area contributed by atoms with Gasteiger partial charge in [-0.25, -0.2) is 4.98 Å². The maximum Gasteiger partial charge on any atom is 0.293 e. The van der Waals surface area contributed by atoms with E-state index >= 15 is 0 Å². The Hall–Kier alpha value is -1.44. The molecule has 8 heteroatoms. The van der Waals surface area contributed by atoms with Crippen molar-refractivity contribution in [3.63, 3.8) is 0 Å². The Balaban J connectivity index is 0.00000341. The SMILES string of the molecule is CCCCCCCC/C=C1/SC(=O)N(CCCCSc2cccc3nccn23)C1=O.Cl.